The Bertz CT molecular complexity index is 655. The Kier molecular flexibility index (Phi) is 5.76. The predicted molar refractivity (Wildman–Crippen MR) is 101 cm³/mol. The van der Waals surface area contributed by atoms with Crippen LogP contribution in [0.15, 0.2) is 53.0 Å². The number of rotatable bonds is 5. The van der Waals surface area contributed by atoms with Crippen molar-refractivity contribution in [1.29, 1.82) is 0 Å². The normalized spacial score (nSPS) is 16.9. The van der Waals surface area contributed by atoms with Crippen molar-refractivity contribution in [3.8, 4) is 5.75 Å². The summed E-state index contributed by atoms with van der Waals surface area (Å²) in [5.74, 6) is 0.889. The van der Waals surface area contributed by atoms with Crippen LogP contribution in [0.1, 0.15) is 11.7 Å². The van der Waals surface area contributed by atoms with Crippen molar-refractivity contribution in [3.05, 3.63) is 58.6 Å². The van der Waals surface area contributed by atoms with Gasteiger partial charge in [-0.05, 0) is 29.8 Å². The van der Waals surface area contributed by atoms with Crippen LogP contribution >= 0.6 is 15.9 Å². The first-order valence-electron chi connectivity index (χ1n) is 8.20. The van der Waals surface area contributed by atoms with E-state index in [9.17, 15) is 5.11 Å². The highest BCUT2D eigenvalue weighted by Gasteiger charge is 2.20. The third kappa shape index (κ3) is 4.29. The summed E-state index contributed by atoms with van der Waals surface area (Å²) in [4.78, 5) is 4.69. The Hall–Kier alpha value is -1.56. The van der Waals surface area contributed by atoms with E-state index in [2.05, 4.69) is 37.9 Å². The van der Waals surface area contributed by atoms with Crippen LogP contribution in [0.2, 0.25) is 0 Å². The van der Waals surface area contributed by atoms with Gasteiger partial charge in [-0.15, -0.1) is 0 Å². The monoisotopic (exact) mass is 390 g/mol. The molecule has 1 heterocycles. The summed E-state index contributed by atoms with van der Waals surface area (Å²) in [5, 5.41) is 10.4. The Labute approximate surface area is 151 Å². The Morgan fingerprint density at radius 2 is 1.79 bits per heavy atom. The number of ether oxygens (including phenoxy) is 1. The zero-order chi connectivity index (χ0) is 16.9. The van der Waals surface area contributed by atoms with Gasteiger partial charge in [0, 0.05) is 49.0 Å². The molecule has 1 aliphatic heterocycles. The van der Waals surface area contributed by atoms with Gasteiger partial charge in [-0.3, -0.25) is 4.90 Å². The van der Waals surface area contributed by atoms with Crippen molar-refractivity contribution in [2.24, 2.45) is 0 Å². The molecule has 0 spiro atoms. The van der Waals surface area contributed by atoms with Gasteiger partial charge >= 0.3 is 0 Å². The predicted octanol–water partition coefficient (Wildman–Crippen LogP) is 3.31. The molecule has 5 heteroatoms. The lowest BCUT2D eigenvalue weighted by Crippen LogP contribution is -2.47. The van der Waals surface area contributed by atoms with E-state index in [-0.39, 0.29) is 0 Å². The SMILES string of the molecule is COc1cccc(N2CCN(CC(O)c3ccc(Br)cc3)CC2)c1. The van der Waals surface area contributed by atoms with E-state index < -0.39 is 6.10 Å². The molecule has 1 aliphatic rings. The molecular weight excluding hydrogens is 368 g/mol. The van der Waals surface area contributed by atoms with Crippen molar-refractivity contribution >= 4 is 21.6 Å². The van der Waals surface area contributed by atoms with Gasteiger partial charge in [-0.2, -0.15) is 0 Å². The molecule has 1 N–H and O–H groups in total. The summed E-state index contributed by atoms with van der Waals surface area (Å²) in [5.41, 5.74) is 2.16. The minimum atomic E-state index is -0.443. The molecule has 24 heavy (non-hydrogen) atoms. The number of methoxy groups -OCH3 is 1. The minimum Gasteiger partial charge on any atom is -0.497 e. The number of anilines is 1. The van der Waals surface area contributed by atoms with Crippen LogP contribution in [0.5, 0.6) is 5.75 Å². The molecule has 128 valence electrons. The molecule has 0 amide bonds. The average molecular weight is 391 g/mol. The van der Waals surface area contributed by atoms with E-state index in [1.54, 1.807) is 7.11 Å². The van der Waals surface area contributed by atoms with Gasteiger partial charge in [0.15, 0.2) is 0 Å². The van der Waals surface area contributed by atoms with Gasteiger partial charge in [0.05, 0.1) is 13.2 Å². The number of β-amino-alcohol motifs (C(OH)–C–C–N with tert-alkyl or cyclic N) is 1. The first kappa shape index (κ1) is 17.3. The van der Waals surface area contributed by atoms with Gasteiger partial charge < -0.3 is 14.7 Å². The van der Waals surface area contributed by atoms with E-state index in [1.165, 1.54) is 5.69 Å². The topological polar surface area (TPSA) is 35.9 Å². The molecular formula is C19H23BrN2O2. The maximum Gasteiger partial charge on any atom is 0.120 e. The van der Waals surface area contributed by atoms with E-state index in [0.717, 1.165) is 42.0 Å². The molecule has 0 saturated carbocycles. The second-order valence-electron chi connectivity index (χ2n) is 6.06. The van der Waals surface area contributed by atoms with Crippen molar-refractivity contribution in [1.82, 2.24) is 4.90 Å². The average Bonchev–Trinajstić information content (AvgIpc) is 2.63. The number of hydrogen-bond acceptors (Lipinski definition) is 4. The van der Waals surface area contributed by atoms with E-state index in [1.807, 2.05) is 36.4 Å². The maximum absolute atomic E-state index is 10.4. The molecule has 1 atom stereocenters. The lowest BCUT2D eigenvalue weighted by Gasteiger charge is -2.37. The summed E-state index contributed by atoms with van der Waals surface area (Å²) >= 11 is 3.43. The van der Waals surface area contributed by atoms with E-state index in [0.29, 0.717) is 6.54 Å². The van der Waals surface area contributed by atoms with Crippen LogP contribution < -0.4 is 9.64 Å². The smallest absolute Gasteiger partial charge is 0.120 e. The molecule has 0 aromatic heterocycles. The first-order valence-corrected chi connectivity index (χ1v) is 9.00. The molecule has 2 aromatic carbocycles. The molecule has 0 bridgehead atoms. The summed E-state index contributed by atoms with van der Waals surface area (Å²) < 4.78 is 6.34. The number of nitrogens with zero attached hydrogens (tertiary/aromatic N) is 2. The van der Waals surface area contributed by atoms with Gasteiger partial charge in [0.25, 0.3) is 0 Å². The summed E-state index contributed by atoms with van der Waals surface area (Å²) in [6, 6.07) is 16.1. The lowest BCUT2D eigenvalue weighted by atomic mass is 10.1. The largest absolute Gasteiger partial charge is 0.497 e. The second kappa shape index (κ2) is 8.01. The number of hydrogen-bond donors (Lipinski definition) is 1. The molecule has 4 nitrogen and oxygen atoms in total. The third-order valence-corrected chi connectivity index (χ3v) is 5.01. The van der Waals surface area contributed by atoms with Crippen LogP contribution in [0.25, 0.3) is 0 Å². The van der Waals surface area contributed by atoms with Crippen molar-refractivity contribution in [2.75, 3.05) is 44.7 Å². The molecule has 0 aliphatic carbocycles. The standard InChI is InChI=1S/C19H23BrN2O2/c1-24-18-4-2-3-17(13-18)22-11-9-21(10-12-22)14-19(23)15-5-7-16(20)8-6-15/h2-8,13,19,23H,9-12,14H2,1H3. The third-order valence-electron chi connectivity index (χ3n) is 4.48. The fourth-order valence-corrected chi connectivity index (χ4v) is 3.30. The van der Waals surface area contributed by atoms with Gasteiger partial charge in [0.1, 0.15) is 5.75 Å². The minimum absolute atomic E-state index is 0.443. The van der Waals surface area contributed by atoms with Gasteiger partial charge in [-0.25, -0.2) is 0 Å². The fourth-order valence-electron chi connectivity index (χ4n) is 3.03. The number of piperazine rings is 1. The molecule has 1 saturated heterocycles. The molecule has 3 rings (SSSR count). The van der Waals surface area contributed by atoms with Crippen LogP contribution in [-0.2, 0) is 0 Å². The first-order chi connectivity index (χ1) is 11.7. The number of halogens is 1. The summed E-state index contributed by atoms with van der Waals surface area (Å²) in [6.45, 7) is 4.49. The van der Waals surface area contributed by atoms with E-state index in [4.69, 9.17) is 4.74 Å². The highest BCUT2D eigenvalue weighted by Crippen LogP contribution is 2.23. The van der Waals surface area contributed by atoms with E-state index >= 15 is 0 Å². The lowest BCUT2D eigenvalue weighted by molar-refractivity contribution is 0.109. The van der Waals surface area contributed by atoms with Crippen LogP contribution in [-0.4, -0.2) is 49.8 Å². The van der Waals surface area contributed by atoms with Gasteiger partial charge in [0.2, 0.25) is 0 Å². The number of benzene rings is 2. The van der Waals surface area contributed by atoms with Crippen LogP contribution in [0, 0.1) is 0 Å². The Morgan fingerprint density at radius 3 is 2.46 bits per heavy atom. The molecule has 2 aromatic rings. The highest BCUT2D eigenvalue weighted by molar-refractivity contribution is 9.10. The maximum atomic E-state index is 10.4. The van der Waals surface area contributed by atoms with Crippen LogP contribution in [0.4, 0.5) is 5.69 Å². The second-order valence-corrected chi connectivity index (χ2v) is 6.97. The summed E-state index contributed by atoms with van der Waals surface area (Å²) in [7, 11) is 1.70. The van der Waals surface area contributed by atoms with Crippen molar-refractivity contribution in [3.63, 3.8) is 0 Å². The quantitative estimate of drug-likeness (QED) is 0.849. The zero-order valence-corrected chi connectivity index (χ0v) is 15.4. The highest BCUT2D eigenvalue weighted by atomic mass is 79.9. The van der Waals surface area contributed by atoms with Crippen molar-refractivity contribution < 1.29 is 9.84 Å². The molecule has 1 unspecified atom stereocenters. The number of aliphatic hydroxyl groups excluding tert-OH is 1. The Balaban J connectivity index is 1.54. The summed E-state index contributed by atoms with van der Waals surface area (Å²) in [6.07, 6.45) is -0.443. The fraction of sp³-hybridized carbons (Fsp3) is 0.368. The Morgan fingerprint density at radius 1 is 1.08 bits per heavy atom. The molecule has 0 radical (unpaired) electrons. The van der Waals surface area contributed by atoms with Crippen LogP contribution in [0.3, 0.4) is 0 Å². The number of aliphatic hydroxyl groups is 1. The van der Waals surface area contributed by atoms with Crippen molar-refractivity contribution in [2.45, 2.75) is 6.10 Å². The van der Waals surface area contributed by atoms with Gasteiger partial charge in [-0.1, -0.05) is 34.1 Å². The zero-order valence-electron chi connectivity index (χ0n) is 13.9. The molecule has 1 fully saturated rings.